The van der Waals surface area contributed by atoms with Gasteiger partial charge in [-0.25, -0.2) is 4.98 Å². The molecule has 0 aliphatic rings. The Bertz CT molecular complexity index is 577. The second-order valence-electron chi connectivity index (χ2n) is 4.07. The summed E-state index contributed by atoms with van der Waals surface area (Å²) in [5.74, 6) is 1.08. The van der Waals surface area contributed by atoms with Gasteiger partial charge in [-0.1, -0.05) is 6.07 Å². The van der Waals surface area contributed by atoms with Crippen molar-refractivity contribution in [2.45, 2.75) is 13.8 Å². The van der Waals surface area contributed by atoms with Crippen LogP contribution >= 0.6 is 0 Å². The molecule has 0 saturated heterocycles. The van der Waals surface area contributed by atoms with Gasteiger partial charge in [0.25, 0.3) is 0 Å². The number of carbonyl (C=O) groups excluding carboxylic acids is 1. The predicted octanol–water partition coefficient (Wildman–Crippen LogP) is 2.97. The number of hydrogen-bond acceptors (Lipinski definition) is 4. The second-order valence-corrected chi connectivity index (χ2v) is 4.07. The molecule has 1 aromatic carbocycles. The number of aryl methyl sites for hydroxylation is 1. The molecule has 0 unspecified atom stereocenters. The lowest BCUT2D eigenvalue weighted by molar-refractivity contribution is 0.101. The number of Topliss-reactive ketones (excluding diaryl/α,β-unsaturated/α-hetero) is 1. The van der Waals surface area contributed by atoms with Crippen molar-refractivity contribution >= 4 is 11.5 Å². The number of aromatic nitrogens is 1. The van der Waals surface area contributed by atoms with E-state index in [1.165, 1.54) is 13.1 Å². The first kappa shape index (κ1) is 12.1. The fourth-order valence-electron chi connectivity index (χ4n) is 1.49. The van der Waals surface area contributed by atoms with Gasteiger partial charge in [0.1, 0.15) is 5.75 Å². The number of benzene rings is 1. The summed E-state index contributed by atoms with van der Waals surface area (Å²) in [5, 5.41) is 0. The fraction of sp³-hybridized carbons (Fsp3) is 0.143. The van der Waals surface area contributed by atoms with Crippen molar-refractivity contribution in [2.75, 3.05) is 5.73 Å². The number of nitrogen functional groups attached to an aromatic ring is 1. The summed E-state index contributed by atoms with van der Waals surface area (Å²) in [6, 6.07) is 8.80. The lowest BCUT2D eigenvalue weighted by atomic mass is 10.2. The average molecular weight is 242 g/mol. The van der Waals surface area contributed by atoms with Crippen LogP contribution in [0.15, 0.2) is 36.5 Å². The van der Waals surface area contributed by atoms with E-state index in [0.29, 0.717) is 22.9 Å². The molecule has 0 bridgehead atoms. The molecule has 92 valence electrons. The summed E-state index contributed by atoms with van der Waals surface area (Å²) in [5.41, 5.74) is 7.87. The molecule has 2 N–H and O–H groups in total. The number of ether oxygens (including phenoxy) is 1. The van der Waals surface area contributed by atoms with Crippen LogP contribution in [0, 0.1) is 6.92 Å². The maximum atomic E-state index is 11.1. The highest BCUT2D eigenvalue weighted by Crippen LogP contribution is 2.25. The van der Waals surface area contributed by atoms with Gasteiger partial charge in [0.2, 0.25) is 5.88 Å². The van der Waals surface area contributed by atoms with Crippen LogP contribution in [-0.2, 0) is 0 Å². The molecule has 4 heteroatoms. The number of nitrogens with zero attached hydrogens (tertiary/aromatic N) is 1. The molecule has 0 fully saturated rings. The van der Waals surface area contributed by atoms with Crippen LogP contribution in [0.2, 0.25) is 0 Å². The summed E-state index contributed by atoms with van der Waals surface area (Å²) in [7, 11) is 0. The summed E-state index contributed by atoms with van der Waals surface area (Å²) in [6.45, 7) is 3.43. The Morgan fingerprint density at radius 1 is 1.28 bits per heavy atom. The molecule has 0 aliphatic carbocycles. The van der Waals surface area contributed by atoms with Gasteiger partial charge in [-0.15, -0.1) is 0 Å². The molecule has 2 rings (SSSR count). The molecular formula is C14H14N2O2. The Morgan fingerprint density at radius 2 is 2.06 bits per heavy atom. The van der Waals surface area contributed by atoms with Crippen molar-refractivity contribution in [3.63, 3.8) is 0 Å². The number of carbonyl (C=O) groups is 1. The lowest BCUT2D eigenvalue weighted by Crippen LogP contribution is -1.96. The summed E-state index contributed by atoms with van der Waals surface area (Å²) < 4.78 is 5.62. The van der Waals surface area contributed by atoms with E-state index in [1.807, 2.05) is 19.1 Å². The zero-order valence-corrected chi connectivity index (χ0v) is 10.3. The van der Waals surface area contributed by atoms with E-state index in [1.54, 1.807) is 18.2 Å². The molecule has 1 heterocycles. The zero-order chi connectivity index (χ0) is 13.1. The Labute approximate surface area is 105 Å². The first-order valence-electron chi connectivity index (χ1n) is 5.57. The van der Waals surface area contributed by atoms with Crippen LogP contribution < -0.4 is 10.5 Å². The third-order valence-corrected chi connectivity index (χ3v) is 2.57. The van der Waals surface area contributed by atoms with Gasteiger partial charge >= 0.3 is 0 Å². The normalized spacial score (nSPS) is 10.1. The second kappa shape index (κ2) is 4.87. The van der Waals surface area contributed by atoms with Crippen molar-refractivity contribution in [1.82, 2.24) is 4.98 Å². The van der Waals surface area contributed by atoms with E-state index in [2.05, 4.69) is 4.98 Å². The highest BCUT2D eigenvalue weighted by atomic mass is 16.5. The van der Waals surface area contributed by atoms with Crippen molar-refractivity contribution < 1.29 is 9.53 Å². The largest absolute Gasteiger partial charge is 0.439 e. The Balaban J connectivity index is 2.23. The van der Waals surface area contributed by atoms with Crippen LogP contribution in [0.3, 0.4) is 0 Å². The van der Waals surface area contributed by atoms with Crippen LogP contribution in [0.25, 0.3) is 0 Å². The molecule has 0 atom stereocenters. The number of rotatable bonds is 3. The molecule has 0 radical (unpaired) electrons. The molecule has 4 nitrogen and oxygen atoms in total. The van der Waals surface area contributed by atoms with Gasteiger partial charge in [-0.3, -0.25) is 4.79 Å². The van der Waals surface area contributed by atoms with Crippen molar-refractivity contribution in [2.24, 2.45) is 0 Å². The first-order valence-corrected chi connectivity index (χ1v) is 5.57. The van der Waals surface area contributed by atoms with E-state index in [-0.39, 0.29) is 5.78 Å². The monoisotopic (exact) mass is 242 g/mol. The zero-order valence-electron chi connectivity index (χ0n) is 10.3. The minimum atomic E-state index is -0.0193. The minimum Gasteiger partial charge on any atom is -0.439 e. The molecule has 0 saturated carbocycles. The van der Waals surface area contributed by atoms with Gasteiger partial charge in [0.15, 0.2) is 5.78 Å². The van der Waals surface area contributed by atoms with E-state index in [0.717, 1.165) is 5.56 Å². The van der Waals surface area contributed by atoms with Crippen LogP contribution in [0.1, 0.15) is 22.8 Å². The van der Waals surface area contributed by atoms with Gasteiger partial charge in [-0.2, -0.15) is 0 Å². The molecule has 0 amide bonds. The Morgan fingerprint density at radius 3 is 2.67 bits per heavy atom. The number of ketones is 1. The quantitative estimate of drug-likeness (QED) is 0.663. The van der Waals surface area contributed by atoms with Gasteiger partial charge in [0.05, 0.1) is 0 Å². The Hall–Kier alpha value is -2.36. The molecule has 2 aromatic rings. The maximum absolute atomic E-state index is 11.1. The van der Waals surface area contributed by atoms with Crippen molar-refractivity contribution in [1.29, 1.82) is 0 Å². The van der Waals surface area contributed by atoms with Gasteiger partial charge < -0.3 is 10.5 Å². The van der Waals surface area contributed by atoms with E-state index in [9.17, 15) is 4.79 Å². The van der Waals surface area contributed by atoms with Crippen LogP contribution in [0.4, 0.5) is 5.69 Å². The summed E-state index contributed by atoms with van der Waals surface area (Å²) in [4.78, 5) is 15.2. The fourth-order valence-corrected chi connectivity index (χ4v) is 1.49. The highest BCUT2D eigenvalue weighted by molar-refractivity contribution is 5.93. The smallest absolute Gasteiger partial charge is 0.219 e. The molecule has 1 aromatic heterocycles. The van der Waals surface area contributed by atoms with Crippen LogP contribution in [-0.4, -0.2) is 10.8 Å². The maximum Gasteiger partial charge on any atom is 0.219 e. The highest BCUT2D eigenvalue weighted by Gasteiger charge is 2.04. The van der Waals surface area contributed by atoms with E-state index in [4.69, 9.17) is 10.5 Å². The average Bonchev–Trinajstić information content (AvgIpc) is 2.34. The minimum absolute atomic E-state index is 0.0193. The van der Waals surface area contributed by atoms with Crippen molar-refractivity contribution in [3.8, 4) is 11.6 Å². The van der Waals surface area contributed by atoms with E-state index < -0.39 is 0 Å². The first-order chi connectivity index (χ1) is 8.56. The molecule has 18 heavy (non-hydrogen) atoms. The summed E-state index contributed by atoms with van der Waals surface area (Å²) in [6.07, 6.45) is 1.50. The SMILES string of the molecule is CC(=O)c1ccc(Oc2cc(N)ccc2C)nc1. The molecule has 0 spiro atoms. The Kier molecular flexibility index (Phi) is 3.28. The number of hydrogen-bond donors (Lipinski definition) is 1. The third-order valence-electron chi connectivity index (χ3n) is 2.57. The third kappa shape index (κ3) is 2.66. The van der Waals surface area contributed by atoms with Gasteiger partial charge in [0, 0.05) is 29.6 Å². The summed E-state index contributed by atoms with van der Waals surface area (Å²) >= 11 is 0. The standard InChI is InChI=1S/C14H14N2O2/c1-9-3-5-12(15)7-13(9)18-14-6-4-11(8-16-14)10(2)17/h3-8H,15H2,1-2H3. The number of nitrogens with two attached hydrogens (primary N) is 1. The van der Waals surface area contributed by atoms with Gasteiger partial charge in [-0.05, 0) is 31.5 Å². The number of anilines is 1. The number of pyridine rings is 1. The van der Waals surface area contributed by atoms with Crippen LogP contribution in [0.5, 0.6) is 11.6 Å². The lowest BCUT2D eigenvalue weighted by Gasteiger charge is -2.08. The predicted molar refractivity (Wildman–Crippen MR) is 69.9 cm³/mol. The van der Waals surface area contributed by atoms with Crippen molar-refractivity contribution in [3.05, 3.63) is 47.7 Å². The van der Waals surface area contributed by atoms with E-state index >= 15 is 0 Å². The molecular weight excluding hydrogens is 228 g/mol. The topological polar surface area (TPSA) is 65.2 Å². The molecule has 0 aliphatic heterocycles.